The van der Waals surface area contributed by atoms with E-state index < -0.39 is 31.3 Å². The summed E-state index contributed by atoms with van der Waals surface area (Å²) in [5, 5.41) is 36.8. The zero-order chi connectivity index (χ0) is 10.3. The number of hydrogen-bond acceptors (Lipinski definition) is 5. The number of aliphatic hydroxyl groups excluding tert-OH is 4. The van der Waals surface area contributed by atoms with Crippen LogP contribution in [0.3, 0.4) is 0 Å². The first-order valence-corrected chi connectivity index (χ1v) is 3.96. The molecular formula is C7H15NO5. The number of carbonyl (C=O) groups is 1. The van der Waals surface area contributed by atoms with Crippen molar-refractivity contribution in [3.63, 3.8) is 0 Å². The third-order valence-electron chi connectivity index (χ3n) is 1.49. The molecule has 0 aliphatic rings. The summed E-state index contributed by atoms with van der Waals surface area (Å²) in [6, 6.07) is -0.763. The molecule has 0 saturated heterocycles. The summed E-state index contributed by atoms with van der Waals surface area (Å²) in [5.41, 5.74) is 0. The molecule has 0 spiro atoms. The van der Waals surface area contributed by atoms with Crippen LogP contribution in [0.5, 0.6) is 0 Å². The maximum absolute atomic E-state index is 11.0. The molecular weight excluding hydrogens is 178 g/mol. The Hall–Kier alpha value is -0.690. The molecule has 0 rings (SSSR count). The molecule has 6 nitrogen and oxygen atoms in total. The Morgan fingerprint density at radius 1 is 1.23 bits per heavy atom. The van der Waals surface area contributed by atoms with Gasteiger partial charge in [-0.25, -0.2) is 0 Å². The van der Waals surface area contributed by atoms with Gasteiger partial charge in [-0.05, 0) is 0 Å². The Kier molecular flexibility index (Phi) is 6.43. The van der Waals surface area contributed by atoms with Crippen LogP contribution in [0.4, 0.5) is 0 Å². The molecule has 0 heterocycles. The van der Waals surface area contributed by atoms with Gasteiger partial charge in [0.25, 0.3) is 0 Å². The van der Waals surface area contributed by atoms with Gasteiger partial charge in [0, 0.05) is 13.0 Å². The minimum absolute atomic E-state index is 0.0601. The Morgan fingerprint density at radius 3 is 2.15 bits per heavy atom. The zero-order valence-corrected chi connectivity index (χ0v) is 7.18. The highest BCUT2D eigenvalue weighted by atomic mass is 16.3. The van der Waals surface area contributed by atoms with Crippen LogP contribution in [0, 0.1) is 0 Å². The van der Waals surface area contributed by atoms with Crippen LogP contribution in [0.15, 0.2) is 0 Å². The Bertz CT molecular complexity index is 148. The standard InChI is InChI=1S/C7H15NO5/c9-2-1-6(12)7(13)8-5(3-10)4-11/h5-6,9-12H,1-4H2,(H,8,13). The largest absolute Gasteiger partial charge is 0.396 e. The maximum atomic E-state index is 11.0. The van der Waals surface area contributed by atoms with Gasteiger partial charge < -0.3 is 25.7 Å². The van der Waals surface area contributed by atoms with Crippen LogP contribution in [0.25, 0.3) is 0 Å². The Morgan fingerprint density at radius 2 is 1.77 bits per heavy atom. The minimum Gasteiger partial charge on any atom is -0.396 e. The molecule has 78 valence electrons. The van der Waals surface area contributed by atoms with Crippen molar-refractivity contribution in [3.05, 3.63) is 0 Å². The van der Waals surface area contributed by atoms with Gasteiger partial charge in [-0.15, -0.1) is 0 Å². The molecule has 13 heavy (non-hydrogen) atoms. The predicted octanol–water partition coefficient (Wildman–Crippen LogP) is -2.80. The predicted molar refractivity (Wildman–Crippen MR) is 43.8 cm³/mol. The average Bonchev–Trinajstić information content (AvgIpc) is 2.14. The summed E-state index contributed by atoms with van der Waals surface area (Å²) in [4.78, 5) is 11.0. The molecule has 0 bridgehead atoms. The van der Waals surface area contributed by atoms with E-state index in [9.17, 15) is 4.79 Å². The topological polar surface area (TPSA) is 110 Å². The van der Waals surface area contributed by atoms with Crippen LogP contribution in [0.2, 0.25) is 0 Å². The van der Waals surface area contributed by atoms with Crippen LogP contribution < -0.4 is 5.32 Å². The highest BCUT2D eigenvalue weighted by molar-refractivity contribution is 5.80. The molecule has 1 atom stereocenters. The van der Waals surface area contributed by atoms with Gasteiger partial charge in [0.1, 0.15) is 6.10 Å². The van der Waals surface area contributed by atoms with Gasteiger partial charge >= 0.3 is 0 Å². The lowest BCUT2D eigenvalue weighted by Crippen LogP contribution is -2.45. The number of amides is 1. The van der Waals surface area contributed by atoms with Gasteiger partial charge in [0.05, 0.1) is 19.3 Å². The SMILES string of the molecule is O=C(NC(CO)CO)C(O)CCO. The summed E-state index contributed by atoms with van der Waals surface area (Å²) >= 11 is 0. The van der Waals surface area contributed by atoms with E-state index in [2.05, 4.69) is 5.32 Å². The number of carbonyl (C=O) groups excluding carboxylic acids is 1. The molecule has 0 saturated carbocycles. The van der Waals surface area contributed by atoms with Gasteiger partial charge in [-0.2, -0.15) is 0 Å². The van der Waals surface area contributed by atoms with Crippen molar-refractivity contribution in [1.82, 2.24) is 5.32 Å². The third kappa shape index (κ3) is 4.79. The normalized spacial score (nSPS) is 13.0. The van der Waals surface area contributed by atoms with Gasteiger partial charge in [0.2, 0.25) is 5.91 Å². The lowest BCUT2D eigenvalue weighted by atomic mass is 10.2. The second kappa shape index (κ2) is 6.79. The molecule has 0 aromatic carbocycles. The summed E-state index contributed by atoms with van der Waals surface area (Å²) in [5.74, 6) is -0.706. The van der Waals surface area contributed by atoms with Crippen LogP contribution >= 0.6 is 0 Å². The summed E-state index contributed by atoms with van der Waals surface area (Å²) in [6.45, 7) is -1.08. The average molecular weight is 193 g/mol. The lowest BCUT2D eigenvalue weighted by molar-refractivity contribution is -0.131. The van der Waals surface area contributed by atoms with E-state index in [-0.39, 0.29) is 13.0 Å². The van der Waals surface area contributed by atoms with Crippen molar-refractivity contribution in [1.29, 1.82) is 0 Å². The number of hydrogen-bond donors (Lipinski definition) is 5. The highest BCUT2D eigenvalue weighted by Crippen LogP contribution is 1.91. The molecule has 0 aliphatic heterocycles. The van der Waals surface area contributed by atoms with Crippen molar-refractivity contribution in [2.24, 2.45) is 0 Å². The molecule has 0 aromatic rings. The fraction of sp³-hybridized carbons (Fsp3) is 0.857. The molecule has 0 aliphatic carbocycles. The number of rotatable bonds is 6. The van der Waals surface area contributed by atoms with Gasteiger partial charge in [-0.3, -0.25) is 4.79 Å². The fourth-order valence-electron chi connectivity index (χ4n) is 0.700. The summed E-state index contributed by atoms with van der Waals surface area (Å²) < 4.78 is 0. The van der Waals surface area contributed by atoms with Crippen molar-refractivity contribution in [2.45, 2.75) is 18.6 Å². The Balaban J connectivity index is 3.83. The lowest BCUT2D eigenvalue weighted by Gasteiger charge is -2.15. The van der Waals surface area contributed by atoms with Crippen LogP contribution in [-0.4, -0.2) is 58.3 Å². The number of aliphatic hydroxyl groups is 4. The first kappa shape index (κ1) is 12.3. The van der Waals surface area contributed by atoms with E-state index in [1.54, 1.807) is 0 Å². The fourth-order valence-corrected chi connectivity index (χ4v) is 0.700. The first-order chi connectivity index (χ1) is 6.15. The smallest absolute Gasteiger partial charge is 0.249 e. The molecule has 0 fully saturated rings. The number of nitrogens with one attached hydrogen (secondary N) is 1. The zero-order valence-electron chi connectivity index (χ0n) is 7.18. The van der Waals surface area contributed by atoms with Crippen LogP contribution in [-0.2, 0) is 4.79 Å². The maximum Gasteiger partial charge on any atom is 0.249 e. The molecule has 0 radical (unpaired) electrons. The van der Waals surface area contributed by atoms with E-state index >= 15 is 0 Å². The van der Waals surface area contributed by atoms with Crippen molar-refractivity contribution in [2.75, 3.05) is 19.8 Å². The van der Waals surface area contributed by atoms with E-state index in [1.165, 1.54) is 0 Å². The van der Waals surface area contributed by atoms with E-state index in [0.717, 1.165) is 0 Å². The minimum atomic E-state index is -1.30. The monoisotopic (exact) mass is 193 g/mol. The molecule has 6 heteroatoms. The second-order valence-electron chi connectivity index (χ2n) is 2.60. The third-order valence-corrected chi connectivity index (χ3v) is 1.49. The summed E-state index contributed by atoms with van der Waals surface area (Å²) in [7, 11) is 0. The summed E-state index contributed by atoms with van der Waals surface area (Å²) in [6.07, 6.45) is -1.36. The van der Waals surface area contributed by atoms with Gasteiger partial charge in [-0.1, -0.05) is 0 Å². The Labute approximate surface area is 75.8 Å². The van der Waals surface area contributed by atoms with Crippen molar-refractivity contribution >= 4 is 5.91 Å². The highest BCUT2D eigenvalue weighted by Gasteiger charge is 2.17. The second-order valence-corrected chi connectivity index (χ2v) is 2.60. The molecule has 1 unspecified atom stereocenters. The molecule has 5 N–H and O–H groups in total. The van der Waals surface area contributed by atoms with Crippen molar-refractivity contribution < 1.29 is 25.2 Å². The van der Waals surface area contributed by atoms with E-state index in [1.807, 2.05) is 0 Å². The van der Waals surface area contributed by atoms with E-state index in [0.29, 0.717) is 0 Å². The van der Waals surface area contributed by atoms with Crippen LogP contribution in [0.1, 0.15) is 6.42 Å². The van der Waals surface area contributed by atoms with Gasteiger partial charge in [0.15, 0.2) is 0 Å². The van der Waals surface area contributed by atoms with Crippen molar-refractivity contribution in [3.8, 4) is 0 Å². The molecule has 0 aromatic heterocycles. The first-order valence-electron chi connectivity index (χ1n) is 3.96. The molecule has 1 amide bonds. The van der Waals surface area contributed by atoms with E-state index in [4.69, 9.17) is 20.4 Å². The quantitative estimate of drug-likeness (QED) is 0.313.